The van der Waals surface area contributed by atoms with Gasteiger partial charge in [0.05, 0.1) is 0 Å². The largest absolute Gasteiger partial charge is 0.463 e. The van der Waals surface area contributed by atoms with Crippen molar-refractivity contribution in [2.24, 2.45) is 0 Å². The van der Waals surface area contributed by atoms with E-state index in [-0.39, 0.29) is 25.9 Å². The highest BCUT2D eigenvalue weighted by atomic mass is 16.6. The van der Waals surface area contributed by atoms with Crippen molar-refractivity contribution in [2.75, 3.05) is 13.2 Å². The molecule has 0 N–H and O–H groups in total. The molecule has 1 aromatic rings. The Balaban J connectivity index is 2.58. The zero-order valence-electron chi connectivity index (χ0n) is 11.6. The molecule has 1 aromatic heterocycles. The van der Waals surface area contributed by atoms with Crippen LogP contribution in [0.15, 0.2) is 12.4 Å². The Labute approximate surface area is 119 Å². The van der Waals surface area contributed by atoms with E-state index in [1.807, 2.05) is 0 Å². The van der Waals surface area contributed by atoms with Gasteiger partial charge in [-0.05, 0) is 4.92 Å². The molecule has 116 valence electrons. The minimum atomic E-state index is -0.736. The quantitative estimate of drug-likeness (QED) is 0.380. The fraction of sp³-hybridized carbons (Fsp3) is 0.545. The van der Waals surface area contributed by atoms with E-state index < -0.39 is 23.0 Å². The lowest BCUT2D eigenvalue weighted by Gasteiger charge is -2.16. The summed E-state index contributed by atoms with van der Waals surface area (Å²) in [6.45, 7) is 1.99. The molecule has 0 saturated heterocycles. The fourth-order valence-corrected chi connectivity index (χ4v) is 1.32. The van der Waals surface area contributed by atoms with E-state index in [0.717, 1.165) is 4.57 Å². The van der Waals surface area contributed by atoms with E-state index in [2.05, 4.69) is 4.98 Å². The molecule has 0 saturated carbocycles. The molecule has 0 amide bonds. The summed E-state index contributed by atoms with van der Waals surface area (Å²) in [5.74, 6) is -1.41. The number of ether oxygens (including phenoxy) is 3. The van der Waals surface area contributed by atoms with Crippen LogP contribution in [-0.2, 0) is 30.5 Å². The number of imidazole rings is 1. The Bertz CT molecular complexity index is 496. The molecule has 0 unspecified atom stereocenters. The highest BCUT2D eigenvalue weighted by Crippen LogP contribution is 2.08. The van der Waals surface area contributed by atoms with Crippen LogP contribution in [0.1, 0.15) is 13.8 Å². The molecule has 0 aliphatic carbocycles. The zero-order chi connectivity index (χ0) is 15.8. The van der Waals surface area contributed by atoms with Crippen molar-refractivity contribution < 1.29 is 28.7 Å². The third-order valence-corrected chi connectivity index (χ3v) is 2.25. The third-order valence-electron chi connectivity index (χ3n) is 2.25. The summed E-state index contributed by atoms with van der Waals surface area (Å²) in [6, 6.07) is 0. The first-order chi connectivity index (χ1) is 9.90. The molecule has 10 nitrogen and oxygen atoms in total. The monoisotopic (exact) mass is 301 g/mol. The Morgan fingerprint density at radius 1 is 1.33 bits per heavy atom. The summed E-state index contributed by atoms with van der Waals surface area (Å²) in [5, 5.41) is 10.7. The SMILES string of the molecule is CC(=O)OCC(COC(C)=O)OCn1ccnc1[N+](=O)[O-]. The van der Waals surface area contributed by atoms with Gasteiger partial charge in [-0.15, -0.1) is 0 Å². The second kappa shape index (κ2) is 7.94. The first-order valence-corrected chi connectivity index (χ1v) is 5.94. The molecular formula is C11H15N3O7. The number of esters is 2. The summed E-state index contributed by atoms with van der Waals surface area (Å²) >= 11 is 0. The average molecular weight is 301 g/mol. The zero-order valence-corrected chi connectivity index (χ0v) is 11.6. The van der Waals surface area contributed by atoms with Crippen molar-refractivity contribution in [3.63, 3.8) is 0 Å². The Hall–Kier alpha value is -2.49. The highest BCUT2D eigenvalue weighted by molar-refractivity contribution is 5.66. The number of carbonyl (C=O) groups is 2. The molecule has 0 aliphatic heterocycles. The predicted octanol–water partition coefficient (Wildman–Crippen LogP) is 0.260. The van der Waals surface area contributed by atoms with Crippen LogP contribution in [-0.4, -0.2) is 45.7 Å². The van der Waals surface area contributed by atoms with Gasteiger partial charge in [-0.25, -0.2) is 4.57 Å². The lowest BCUT2D eigenvalue weighted by molar-refractivity contribution is -0.397. The van der Waals surface area contributed by atoms with Crippen molar-refractivity contribution in [1.82, 2.24) is 9.55 Å². The van der Waals surface area contributed by atoms with Gasteiger partial charge in [0.1, 0.15) is 31.7 Å². The van der Waals surface area contributed by atoms with Gasteiger partial charge in [-0.2, -0.15) is 0 Å². The van der Waals surface area contributed by atoms with E-state index in [1.165, 1.54) is 26.2 Å². The highest BCUT2D eigenvalue weighted by Gasteiger charge is 2.18. The van der Waals surface area contributed by atoms with Gasteiger partial charge >= 0.3 is 17.9 Å². The molecular weight excluding hydrogens is 286 g/mol. The van der Waals surface area contributed by atoms with E-state index >= 15 is 0 Å². The number of hydrogen-bond donors (Lipinski definition) is 0. The van der Waals surface area contributed by atoms with Crippen LogP contribution in [0.4, 0.5) is 5.95 Å². The number of nitro groups is 1. The number of aromatic nitrogens is 2. The second-order valence-corrected chi connectivity index (χ2v) is 3.98. The standard InChI is InChI=1S/C11H15N3O7/c1-8(15)19-5-10(6-20-9(2)16)21-7-13-4-3-12-11(13)14(17)18/h3-4,10H,5-7H2,1-2H3. The molecule has 0 fully saturated rings. The predicted molar refractivity (Wildman–Crippen MR) is 67.0 cm³/mol. The third kappa shape index (κ3) is 5.99. The second-order valence-electron chi connectivity index (χ2n) is 3.98. The molecule has 0 bridgehead atoms. The van der Waals surface area contributed by atoms with E-state index in [4.69, 9.17) is 14.2 Å². The smallest absolute Gasteiger partial charge is 0.436 e. The van der Waals surface area contributed by atoms with Crippen LogP contribution in [0.25, 0.3) is 0 Å². The number of hydrogen-bond acceptors (Lipinski definition) is 8. The average Bonchev–Trinajstić information content (AvgIpc) is 2.85. The molecule has 10 heteroatoms. The van der Waals surface area contributed by atoms with Crippen molar-refractivity contribution in [1.29, 1.82) is 0 Å². The molecule has 0 radical (unpaired) electrons. The van der Waals surface area contributed by atoms with Crippen LogP contribution < -0.4 is 0 Å². The van der Waals surface area contributed by atoms with Gasteiger partial charge in [-0.1, -0.05) is 4.98 Å². The molecule has 0 aliphatic rings. The van der Waals surface area contributed by atoms with Crippen LogP contribution >= 0.6 is 0 Å². The minimum absolute atomic E-state index is 0.134. The van der Waals surface area contributed by atoms with Gasteiger partial charge in [0.25, 0.3) is 0 Å². The number of rotatable bonds is 8. The molecule has 1 rings (SSSR count). The number of carbonyl (C=O) groups excluding carboxylic acids is 2. The minimum Gasteiger partial charge on any atom is -0.463 e. The maximum absolute atomic E-state index is 10.8. The molecule has 0 aromatic carbocycles. The Morgan fingerprint density at radius 2 is 1.90 bits per heavy atom. The Morgan fingerprint density at radius 3 is 2.38 bits per heavy atom. The van der Waals surface area contributed by atoms with E-state index in [0.29, 0.717) is 0 Å². The van der Waals surface area contributed by atoms with Crippen LogP contribution in [0, 0.1) is 10.1 Å². The van der Waals surface area contributed by atoms with E-state index in [9.17, 15) is 19.7 Å². The molecule has 21 heavy (non-hydrogen) atoms. The van der Waals surface area contributed by atoms with Gasteiger partial charge in [-0.3, -0.25) is 9.59 Å². The van der Waals surface area contributed by atoms with Gasteiger partial charge in [0, 0.05) is 13.8 Å². The maximum Gasteiger partial charge on any atom is 0.436 e. The van der Waals surface area contributed by atoms with Crippen LogP contribution in [0.2, 0.25) is 0 Å². The topological polar surface area (TPSA) is 123 Å². The lowest BCUT2D eigenvalue weighted by atomic mass is 10.4. The van der Waals surface area contributed by atoms with Crippen molar-refractivity contribution in [3.8, 4) is 0 Å². The van der Waals surface area contributed by atoms with E-state index in [1.54, 1.807) is 0 Å². The molecule has 1 heterocycles. The summed E-state index contributed by atoms with van der Waals surface area (Å²) in [5.41, 5.74) is 0. The summed E-state index contributed by atoms with van der Waals surface area (Å²) in [4.78, 5) is 35.1. The van der Waals surface area contributed by atoms with Gasteiger partial charge in [0.2, 0.25) is 0 Å². The normalized spacial score (nSPS) is 10.4. The first-order valence-electron chi connectivity index (χ1n) is 5.94. The van der Waals surface area contributed by atoms with Crippen molar-refractivity contribution in [3.05, 3.63) is 22.5 Å². The first kappa shape index (κ1) is 16.6. The van der Waals surface area contributed by atoms with Crippen LogP contribution in [0.3, 0.4) is 0 Å². The Kier molecular flexibility index (Phi) is 6.27. The van der Waals surface area contributed by atoms with Crippen LogP contribution in [0.5, 0.6) is 0 Å². The molecule has 0 spiro atoms. The summed E-state index contributed by atoms with van der Waals surface area (Å²) in [7, 11) is 0. The summed E-state index contributed by atoms with van der Waals surface area (Å²) in [6.07, 6.45) is 1.89. The fourth-order valence-electron chi connectivity index (χ4n) is 1.32. The number of nitrogens with zero attached hydrogens (tertiary/aromatic N) is 3. The lowest BCUT2D eigenvalue weighted by Crippen LogP contribution is -2.28. The van der Waals surface area contributed by atoms with Gasteiger partial charge < -0.3 is 24.3 Å². The summed E-state index contributed by atoms with van der Waals surface area (Å²) < 4.78 is 16.0. The van der Waals surface area contributed by atoms with Crippen molar-refractivity contribution >= 4 is 17.9 Å². The molecule has 0 atom stereocenters. The van der Waals surface area contributed by atoms with Gasteiger partial charge in [0.15, 0.2) is 6.73 Å². The van der Waals surface area contributed by atoms with Crippen molar-refractivity contribution in [2.45, 2.75) is 26.7 Å². The maximum atomic E-state index is 10.8.